The Bertz CT molecular complexity index is 358. The van der Waals surface area contributed by atoms with Crippen molar-refractivity contribution >= 4 is 15.9 Å². The van der Waals surface area contributed by atoms with Crippen LogP contribution < -0.4 is 5.32 Å². The maximum absolute atomic E-state index is 4.15. The van der Waals surface area contributed by atoms with Crippen LogP contribution in [0.4, 0.5) is 0 Å². The van der Waals surface area contributed by atoms with Crippen LogP contribution in [0.2, 0.25) is 0 Å². The molecule has 1 aromatic heterocycles. The molecule has 1 N–H and O–H groups in total. The van der Waals surface area contributed by atoms with Crippen LogP contribution in [0.5, 0.6) is 0 Å². The molecule has 102 valence electrons. The van der Waals surface area contributed by atoms with Gasteiger partial charge in [-0.15, -0.1) is 5.10 Å². The Kier molecular flexibility index (Phi) is 5.18. The highest BCUT2D eigenvalue weighted by Gasteiger charge is 2.29. The van der Waals surface area contributed by atoms with Crippen LogP contribution in [0.25, 0.3) is 0 Å². The summed E-state index contributed by atoms with van der Waals surface area (Å²) in [5.41, 5.74) is 1.28. The van der Waals surface area contributed by atoms with Crippen molar-refractivity contribution in [3.8, 4) is 0 Å². The number of aromatic nitrogens is 3. The van der Waals surface area contributed by atoms with Gasteiger partial charge in [0, 0.05) is 13.0 Å². The normalized spacial score (nSPS) is 25.1. The molecule has 0 amide bonds. The van der Waals surface area contributed by atoms with Gasteiger partial charge in [0.25, 0.3) is 0 Å². The Morgan fingerprint density at radius 3 is 2.78 bits per heavy atom. The lowest BCUT2D eigenvalue weighted by Gasteiger charge is -2.25. The second kappa shape index (κ2) is 6.66. The molecule has 0 radical (unpaired) electrons. The van der Waals surface area contributed by atoms with Crippen LogP contribution in [0, 0.1) is 5.92 Å². The third-order valence-electron chi connectivity index (χ3n) is 3.99. The molecule has 1 heterocycles. The molecule has 2 atom stereocenters. The third kappa shape index (κ3) is 3.12. The highest BCUT2D eigenvalue weighted by molar-refractivity contribution is 9.10. The van der Waals surface area contributed by atoms with Crippen molar-refractivity contribution in [1.29, 1.82) is 0 Å². The summed E-state index contributed by atoms with van der Waals surface area (Å²) in [7, 11) is 2.00. The molecule has 1 fully saturated rings. The minimum Gasteiger partial charge on any atom is -0.317 e. The standard InChI is InChI=1S/C13H23BrN4/c1-3-15-9-10-7-5-4-6-8-11(10)12-13(14)16-17-18(12)2/h10-11,15H,3-9H2,1-2H3. The molecule has 0 aliphatic heterocycles. The highest BCUT2D eigenvalue weighted by Crippen LogP contribution is 2.38. The fraction of sp³-hybridized carbons (Fsp3) is 0.846. The molecule has 2 unspecified atom stereocenters. The Morgan fingerprint density at radius 2 is 2.11 bits per heavy atom. The van der Waals surface area contributed by atoms with Crippen molar-refractivity contribution in [2.24, 2.45) is 13.0 Å². The quantitative estimate of drug-likeness (QED) is 0.869. The Labute approximate surface area is 118 Å². The SMILES string of the molecule is CCNCC1CCCCCC1c1c(Br)nnn1C. The van der Waals surface area contributed by atoms with Crippen LogP contribution in [-0.2, 0) is 7.05 Å². The zero-order valence-electron chi connectivity index (χ0n) is 11.3. The number of hydrogen-bond donors (Lipinski definition) is 1. The van der Waals surface area contributed by atoms with Gasteiger partial charge in [0.1, 0.15) is 0 Å². The van der Waals surface area contributed by atoms with E-state index in [1.807, 2.05) is 11.7 Å². The summed E-state index contributed by atoms with van der Waals surface area (Å²) in [6, 6.07) is 0. The third-order valence-corrected chi connectivity index (χ3v) is 4.56. The van der Waals surface area contributed by atoms with E-state index < -0.39 is 0 Å². The van der Waals surface area contributed by atoms with Gasteiger partial charge in [0.15, 0.2) is 4.60 Å². The largest absolute Gasteiger partial charge is 0.317 e. The second-order valence-corrected chi connectivity index (χ2v) is 5.95. The van der Waals surface area contributed by atoms with Crippen LogP contribution in [0.3, 0.4) is 0 Å². The van der Waals surface area contributed by atoms with Crippen LogP contribution in [0.15, 0.2) is 4.60 Å². The molecule has 0 aromatic carbocycles. The zero-order chi connectivity index (χ0) is 13.0. The molecular formula is C13H23BrN4. The summed E-state index contributed by atoms with van der Waals surface area (Å²) >= 11 is 3.56. The molecule has 0 saturated heterocycles. The smallest absolute Gasteiger partial charge is 0.151 e. The fourth-order valence-corrected chi connectivity index (χ4v) is 3.67. The second-order valence-electron chi connectivity index (χ2n) is 5.20. The molecule has 0 spiro atoms. The van der Waals surface area contributed by atoms with Crippen LogP contribution >= 0.6 is 15.9 Å². The summed E-state index contributed by atoms with van der Waals surface area (Å²) in [4.78, 5) is 0. The van der Waals surface area contributed by atoms with E-state index in [1.54, 1.807) is 0 Å². The van der Waals surface area contributed by atoms with Crippen molar-refractivity contribution in [3.63, 3.8) is 0 Å². The molecule has 1 aliphatic carbocycles. The first-order chi connectivity index (χ1) is 8.74. The number of aryl methyl sites for hydroxylation is 1. The summed E-state index contributed by atoms with van der Waals surface area (Å²) in [6.07, 6.45) is 6.62. The van der Waals surface area contributed by atoms with Crippen LogP contribution in [-0.4, -0.2) is 28.1 Å². The Hall–Kier alpha value is -0.420. The molecule has 2 rings (SSSR count). The number of nitrogens with zero attached hydrogens (tertiary/aromatic N) is 3. The Morgan fingerprint density at radius 1 is 1.33 bits per heavy atom. The highest BCUT2D eigenvalue weighted by atomic mass is 79.9. The van der Waals surface area contributed by atoms with Gasteiger partial charge in [-0.25, -0.2) is 0 Å². The molecule has 18 heavy (non-hydrogen) atoms. The summed E-state index contributed by atoms with van der Waals surface area (Å²) < 4.78 is 2.87. The Balaban J connectivity index is 2.19. The van der Waals surface area contributed by atoms with Gasteiger partial charge in [-0.3, -0.25) is 4.68 Å². The summed E-state index contributed by atoms with van der Waals surface area (Å²) in [5.74, 6) is 1.29. The van der Waals surface area contributed by atoms with E-state index >= 15 is 0 Å². The maximum Gasteiger partial charge on any atom is 0.151 e. The van der Waals surface area contributed by atoms with Crippen molar-refractivity contribution in [2.45, 2.75) is 44.9 Å². The van der Waals surface area contributed by atoms with Gasteiger partial charge >= 0.3 is 0 Å². The topological polar surface area (TPSA) is 42.7 Å². The van der Waals surface area contributed by atoms with Crippen molar-refractivity contribution in [2.75, 3.05) is 13.1 Å². The lowest BCUT2D eigenvalue weighted by atomic mass is 9.85. The molecule has 1 saturated carbocycles. The summed E-state index contributed by atoms with van der Waals surface area (Å²) in [5, 5.41) is 11.8. The van der Waals surface area contributed by atoms with Gasteiger partial charge in [-0.05, 0) is 47.8 Å². The molecule has 1 aromatic rings. The lowest BCUT2D eigenvalue weighted by molar-refractivity contribution is 0.363. The van der Waals surface area contributed by atoms with E-state index in [-0.39, 0.29) is 0 Å². The lowest BCUT2D eigenvalue weighted by Crippen LogP contribution is -2.27. The van der Waals surface area contributed by atoms with E-state index in [4.69, 9.17) is 0 Å². The van der Waals surface area contributed by atoms with E-state index in [9.17, 15) is 0 Å². The van der Waals surface area contributed by atoms with Crippen molar-refractivity contribution in [3.05, 3.63) is 10.3 Å². The van der Waals surface area contributed by atoms with Gasteiger partial charge < -0.3 is 5.32 Å². The zero-order valence-corrected chi connectivity index (χ0v) is 12.9. The first kappa shape index (κ1) is 14.0. The van der Waals surface area contributed by atoms with Crippen molar-refractivity contribution < 1.29 is 0 Å². The minimum atomic E-state index is 0.584. The van der Waals surface area contributed by atoms with E-state index in [0.717, 1.165) is 17.7 Å². The maximum atomic E-state index is 4.15. The predicted octanol–water partition coefficient (Wildman–Crippen LogP) is 2.85. The van der Waals surface area contributed by atoms with E-state index in [1.165, 1.54) is 37.8 Å². The number of nitrogens with one attached hydrogen (secondary N) is 1. The number of hydrogen-bond acceptors (Lipinski definition) is 3. The average molecular weight is 315 g/mol. The van der Waals surface area contributed by atoms with Gasteiger partial charge in [0.05, 0.1) is 5.69 Å². The fourth-order valence-electron chi connectivity index (χ4n) is 3.05. The van der Waals surface area contributed by atoms with Gasteiger partial charge in [0.2, 0.25) is 0 Å². The minimum absolute atomic E-state index is 0.584. The first-order valence-electron chi connectivity index (χ1n) is 6.99. The van der Waals surface area contributed by atoms with E-state index in [0.29, 0.717) is 11.8 Å². The summed E-state index contributed by atoms with van der Waals surface area (Å²) in [6.45, 7) is 4.33. The predicted molar refractivity (Wildman–Crippen MR) is 76.6 cm³/mol. The first-order valence-corrected chi connectivity index (χ1v) is 7.79. The number of rotatable bonds is 4. The molecule has 5 heteroatoms. The molecule has 4 nitrogen and oxygen atoms in total. The number of halogens is 1. The van der Waals surface area contributed by atoms with Crippen LogP contribution in [0.1, 0.15) is 50.6 Å². The van der Waals surface area contributed by atoms with E-state index in [2.05, 4.69) is 38.5 Å². The molecule has 1 aliphatic rings. The molecular weight excluding hydrogens is 292 g/mol. The molecule has 0 bridgehead atoms. The average Bonchev–Trinajstić information content (AvgIpc) is 2.57. The monoisotopic (exact) mass is 314 g/mol. The van der Waals surface area contributed by atoms with Gasteiger partial charge in [-0.1, -0.05) is 31.4 Å². The van der Waals surface area contributed by atoms with Gasteiger partial charge in [-0.2, -0.15) is 0 Å². The van der Waals surface area contributed by atoms with Crippen molar-refractivity contribution in [1.82, 2.24) is 20.3 Å².